The van der Waals surface area contributed by atoms with Crippen LogP contribution in [0.1, 0.15) is 30.3 Å². The average Bonchev–Trinajstić information content (AvgIpc) is 2.81. The Bertz CT molecular complexity index is 578. The van der Waals surface area contributed by atoms with Gasteiger partial charge in [0, 0.05) is 30.7 Å². The standard InChI is InChI=1S/C12H12N4O/c13-6-10-5-9-7-14-11(16-12(9)15-10)8-1-3-17-4-2-8/h5,7-8H,1-4H2,(H,14,15,16). The van der Waals surface area contributed by atoms with E-state index in [1.54, 1.807) is 12.3 Å². The molecule has 2 aromatic heterocycles. The van der Waals surface area contributed by atoms with Crippen LogP contribution in [0.4, 0.5) is 0 Å². The Morgan fingerprint density at radius 3 is 3.00 bits per heavy atom. The lowest BCUT2D eigenvalue weighted by Crippen LogP contribution is -2.16. The minimum Gasteiger partial charge on any atom is -0.381 e. The van der Waals surface area contributed by atoms with Gasteiger partial charge in [-0.25, -0.2) is 9.97 Å². The van der Waals surface area contributed by atoms with Crippen molar-refractivity contribution in [2.75, 3.05) is 13.2 Å². The van der Waals surface area contributed by atoms with E-state index in [0.717, 1.165) is 42.9 Å². The van der Waals surface area contributed by atoms with Gasteiger partial charge in [0.2, 0.25) is 0 Å². The van der Waals surface area contributed by atoms with Gasteiger partial charge >= 0.3 is 0 Å². The molecule has 5 heteroatoms. The number of hydrogen-bond acceptors (Lipinski definition) is 4. The second-order valence-corrected chi connectivity index (χ2v) is 4.21. The van der Waals surface area contributed by atoms with Crippen molar-refractivity contribution >= 4 is 11.0 Å². The molecule has 0 spiro atoms. The van der Waals surface area contributed by atoms with Crippen LogP contribution in [0, 0.1) is 11.3 Å². The Balaban J connectivity index is 1.98. The number of ether oxygens (including phenoxy) is 1. The maximum atomic E-state index is 8.81. The molecule has 1 aliphatic rings. The van der Waals surface area contributed by atoms with Gasteiger partial charge in [-0.3, -0.25) is 0 Å². The number of H-pyrrole nitrogens is 1. The zero-order valence-electron chi connectivity index (χ0n) is 9.31. The first-order valence-electron chi connectivity index (χ1n) is 5.70. The summed E-state index contributed by atoms with van der Waals surface area (Å²) in [4.78, 5) is 11.9. The van der Waals surface area contributed by atoms with Gasteiger partial charge in [0.25, 0.3) is 0 Å². The second-order valence-electron chi connectivity index (χ2n) is 4.21. The van der Waals surface area contributed by atoms with Gasteiger partial charge in [-0.2, -0.15) is 5.26 Å². The second kappa shape index (κ2) is 4.15. The zero-order chi connectivity index (χ0) is 11.7. The molecule has 86 valence electrons. The largest absolute Gasteiger partial charge is 0.381 e. The van der Waals surface area contributed by atoms with Crippen LogP contribution < -0.4 is 0 Å². The summed E-state index contributed by atoms with van der Waals surface area (Å²) in [5, 5.41) is 9.70. The third-order valence-corrected chi connectivity index (χ3v) is 3.10. The van der Waals surface area contributed by atoms with Crippen molar-refractivity contribution in [3.8, 4) is 6.07 Å². The molecule has 0 bridgehead atoms. The van der Waals surface area contributed by atoms with Gasteiger partial charge in [-0.15, -0.1) is 0 Å². The molecule has 1 fully saturated rings. The van der Waals surface area contributed by atoms with E-state index >= 15 is 0 Å². The monoisotopic (exact) mass is 228 g/mol. The summed E-state index contributed by atoms with van der Waals surface area (Å²) in [5.74, 6) is 1.23. The van der Waals surface area contributed by atoms with Crippen LogP contribution in [0.15, 0.2) is 12.3 Å². The molecule has 1 aliphatic heterocycles. The number of fused-ring (bicyclic) bond motifs is 1. The Labute approximate surface area is 98.5 Å². The highest BCUT2D eigenvalue weighted by atomic mass is 16.5. The summed E-state index contributed by atoms with van der Waals surface area (Å²) >= 11 is 0. The van der Waals surface area contributed by atoms with Crippen LogP contribution in [0.2, 0.25) is 0 Å². The Hall–Kier alpha value is -1.93. The third-order valence-electron chi connectivity index (χ3n) is 3.10. The molecular formula is C12H12N4O. The van der Waals surface area contributed by atoms with E-state index in [1.165, 1.54) is 0 Å². The molecule has 5 nitrogen and oxygen atoms in total. The van der Waals surface area contributed by atoms with Gasteiger partial charge in [-0.05, 0) is 18.9 Å². The van der Waals surface area contributed by atoms with Crippen LogP contribution >= 0.6 is 0 Å². The van der Waals surface area contributed by atoms with E-state index in [-0.39, 0.29) is 0 Å². The Morgan fingerprint density at radius 1 is 1.41 bits per heavy atom. The predicted molar refractivity (Wildman–Crippen MR) is 61.4 cm³/mol. The van der Waals surface area contributed by atoms with Crippen molar-refractivity contribution < 1.29 is 4.74 Å². The highest BCUT2D eigenvalue weighted by molar-refractivity contribution is 5.76. The third kappa shape index (κ3) is 1.87. The van der Waals surface area contributed by atoms with Crippen LogP contribution in [0.5, 0.6) is 0 Å². The van der Waals surface area contributed by atoms with Gasteiger partial charge in [0.15, 0.2) is 0 Å². The quantitative estimate of drug-likeness (QED) is 0.806. The van der Waals surface area contributed by atoms with Crippen LogP contribution in [0.3, 0.4) is 0 Å². The number of hydrogen-bond donors (Lipinski definition) is 1. The molecule has 0 unspecified atom stereocenters. The van der Waals surface area contributed by atoms with Crippen molar-refractivity contribution in [2.24, 2.45) is 0 Å². The maximum Gasteiger partial charge on any atom is 0.142 e. The summed E-state index contributed by atoms with van der Waals surface area (Å²) in [6.07, 6.45) is 3.72. The minimum absolute atomic E-state index is 0.377. The normalized spacial score (nSPS) is 17.1. The van der Waals surface area contributed by atoms with E-state index in [4.69, 9.17) is 10.00 Å². The predicted octanol–water partition coefficient (Wildman–Crippen LogP) is 1.72. The van der Waals surface area contributed by atoms with Crippen molar-refractivity contribution in [3.05, 3.63) is 23.8 Å². The summed E-state index contributed by atoms with van der Waals surface area (Å²) in [5.41, 5.74) is 1.27. The fraction of sp³-hybridized carbons (Fsp3) is 0.417. The Kier molecular flexibility index (Phi) is 2.50. The Morgan fingerprint density at radius 2 is 2.24 bits per heavy atom. The highest BCUT2D eigenvalue weighted by Gasteiger charge is 2.19. The fourth-order valence-corrected chi connectivity index (χ4v) is 2.14. The molecule has 17 heavy (non-hydrogen) atoms. The van der Waals surface area contributed by atoms with E-state index in [0.29, 0.717) is 11.6 Å². The lowest BCUT2D eigenvalue weighted by molar-refractivity contribution is 0.0836. The lowest BCUT2D eigenvalue weighted by Gasteiger charge is -2.20. The molecule has 0 saturated carbocycles. The zero-order valence-corrected chi connectivity index (χ0v) is 9.31. The summed E-state index contributed by atoms with van der Waals surface area (Å²) in [6.45, 7) is 1.56. The topological polar surface area (TPSA) is 74.6 Å². The van der Waals surface area contributed by atoms with E-state index in [1.807, 2.05) is 0 Å². The van der Waals surface area contributed by atoms with E-state index in [9.17, 15) is 0 Å². The number of aromatic amines is 1. The molecule has 2 aromatic rings. The molecule has 0 atom stereocenters. The molecule has 0 amide bonds. The van der Waals surface area contributed by atoms with Crippen molar-refractivity contribution in [1.29, 1.82) is 5.26 Å². The molecule has 1 N–H and O–H groups in total. The van der Waals surface area contributed by atoms with E-state index in [2.05, 4.69) is 21.0 Å². The van der Waals surface area contributed by atoms with Crippen molar-refractivity contribution in [2.45, 2.75) is 18.8 Å². The molecule has 0 aliphatic carbocycles. The molecule has 3 rings (SSSR count). The maximum absolute atomic E-state index is 8.81. The van der Waals surface area contributed by atoms with Gasteiger partial charge in [-0.1, -0.05) is 0 Å². The smallest absolute Gasteiger partial charge is 0.142 e. The molecule has 0 aromatic carbocycles. The summed E-state index contributed by atoms with van der Waals surface area (Å²) < 4.78 is 5.32. The molecule has 1 saturated heterocycles. The minimum atomic E-state index is 0.377. The van der Waals surface area contributed by atoms with Crippen LogP contribution in [-0.2, 0) is 4.74 Å². The van der Waals surface area contributed by atoms with Crippen LogP contribution in [-0.4, -0.2) is 28.2 Å². The molecular weight excluding hydrogens is 216 g/mol. The first kappa shape index (κ1) is 10.2. The van der Waals surface area contributed by atoms with Gasteiger partial charge < -0.3 is 9.72 Å². The SMILES string of the molecule is N#Cc1cc2cnc(C3CCOCC3)nc2[nH]1. The van der Waals surface area contributed by atoms with Crippen molar-refractivity contribution in [1.82, 2.24) is 15.0 Å². The number of aromatic nitrogens is 3. The van der Waals surface area contributed by atoms with Gasteiger partial charge in [0.1, 0.15) is 23.2 Å². The average molecular weight is 228 g/mol. The number of nitrogens with zero attached hydrogens (tertiary/aromatic N) is 3. The first-order chi connectivity index (χ1) is 8.36. The summed E-state index contributed by atoms with van der Waals surface area (Å²) in [7, 11) is 0. The van der Waals surface area contributed by atoms with E-state index < -0.39 is 0 Å². The lowest BCUT2D eigenvalue weighted by atomic mass is 9.99. The molecule has 0 radical (unpaired) electrons. The highest BCUT2D eigenvalue weighted by Crippen LogP contribution is 2.25. The number of rotatable bonds is 1. The number of nitrogens with one attached hydrogen (secondary N) is 1. The molecule has 3 heterocycles. The fourth-order valence-electron chi connectivity index (χ4n) is 2.14. The van der Waals surface area contributed by atoms with Crippen molar-refractivity contribution in [3.63, 3.8) is 0 Å². The summed E-state index contributed by atoms with van der Waals surface area (Å²) in [6, 6.07) is 3.84. The van der Waals surface area contributed by atoms with Crippen LogP contribution in [0.25, 0.3) is 11.0 Å². The number of nitriles is 1. The first-order valence-corrected chi connectivity index (χ1v) is 5.70. The van der Waals surface area contributed by atoms with Gasteiger partial charge in [0.05, 0.1) is 0 Å².